The smallest absolute Gasteiger partial charge is 0.161 e. The van der Waals surface area contributed by atoms with Crippen molar-refractivity contribution < 1.29 is 4.42 Å². The summed E-state index contributed by atoms with van der Waals surface area (Å²) in [5.41, 5.74) is 13.7. The second kappa shape index (κ2) is 10.1. The largest absolute Gasteiger partial charge is 0.456 e. The zero-order valence-corrected chi connectivity index (χ0v) is 25.2. The maximum absolute atomic E-state index is 6.16. The van der Waals surface area contributed by atoms with Crippen LogP contribution in [0.15, 0.2) is 156 Å². The van der Waals surface area contributed by atoms with Gasteiger partial charge in [-0.05, 0) is 75.0 Å². The molecule has 3 aromatic heterocycles. The maximum atomic E-state index is 6.16. The number of pyridine rings is 1. The molecule has 0 aliphatic heterocycles. The van der Waals surface area contributed by atoms with E-state index in [2.05, 4.69) is 108 Å². The first-order valence-electron chi connectivity index (χ1n) is 15.8. The summed E-state index contributed by atoms with van der Waals surface area (Å²) in [6, 6.07) is 48.7. The van der Waals surface area contributed by atoms with Crippen molar-refractivity contribution in [2.45, 2.75) is 0 Å². The molecule has 0 N–H and O–H groups in total. The van der Waals surface area contributed by atoms with E-state index >= 15 is 0 Å². The van der Waals surface area contributed by atoms with E-state index in [1.165, 1.54) is 33.0 Å². The van der Waals surface area contributed by atoms with E-state index in [9.17, 15) is 0 Å². The maximum Gasteiger partial charge on any atom is 0.161 e. The van der Waals surface area contributed by atoms with Crippen LogP contribution in [-0.4, -0.2) is 15.0 Å². The van der Waals surface area contributed by atoms with Crippen molar-refractivity contribution in [1.29, 1.82) is 0 Å². The Kier molecular flexibility index (Phi) is 5.54. The minimum atomic E-state index is 0.667. The van der Waals surface area contributed by atoms with Crippen LogP contribution in [-0.2, 0) is 0 Å². The Bertz CT molecular complexity index is 2660. The molecule has 47 heavy (non-hydrogen) atoms. The van der Waals surface area contributed by atoms with E-state index in [-0.39, 0.29) is 0 Å². The Hall–Kier alpha value is -6.39. The minimum Gasteiger partial charge on any atom is -0.456 e. The number of aromatic nitrogens is 3. The number of rotatable bonds is 4. The van der Waals surface area contributed by atoms with Crippen LogP contribution in [0, 0.1) is 0 Å². The fourth-order valence-electron chi connectivity index (χ4n) is 7.22. The minimum absolute atomic E-state index is 0.667. The number of hydrogen-bond acceptors (Lipinski definition) is 4. The van der Waals surface area contributed by atoms with Crippen LogP contribution in [0.25, 0.3) is 100.0 Å². The molecule has 9 aromatic rings. The quantitative estimate of drug-likeness (QED) is 0.202. The van der Waals surface area contributed by atoms with E-state index in [1.807, 2.05) is 42.6 Å². The summed E-state index contributed by atoms with van der Waals surface area (Å²) < 4.78 is 6.16. The fraction of sp³-hybridized carbons (Fsp3) is 0. The van der Waals surface area contributed by atoms with Gasteiger partial charge in [-0.15, -0.1) is 0 Å². The van der Waals surface area contributed by atoms with Gasteiger partial charge < -0.3 is 4.42 Å². The Balaban J connectivity index is 1.24. The third-order valence-corrected chi connectivity index (χ3v) is 9.36. The van der Waals surface area contributed by atoms with Crippen LogP contribution < -0.4 is 0 Å². The summed E-state index contributed by atoms with van der Waals surface area (Å²) in [4.78, 5) is 15.0. The lowest BCUT2D eigenvalue weighted by Crippen LogP contribution is -1.98. The lowest BCUT2D eigenvalue weighted by atomic mass is 9.95. The summed E-state index contributed by atoms with van der Waals surface area (Å²) in [6.45, 7) is 0. The second-order valence-electron chi connectivity index (χ2n) is 12.0. The molecule has 1 aliphatic carbocycles. The van der Waals surface area contributed by atoms with Gasteiger partial charge in [-0.2, -0.15) is 0 Å². The van der Waals surface area contributed by atoms with Crippen molar-refractivity contribution in [1.82, 2.24) is 15.0 Å². The van der Waals surface area contributed by atoms with Gasteiger partial charge in [0, 0.05) is 45.4 Å². The van der Waals surface area contributed by atoms with E-state index in [1.54, 1.807) is 6.20 Å². The first-order valence-corrected chi connectivity index (χ1v) is 15.8. The molecular formula is C43H25N3O. The average molecular weight is 600 g/mol. The van der Waals surface area contributed by atoms with Gasteiger partial charge in [-0.3, -0.25) is 4.98 Å². The van der Waals surface area contributed by atoms with E-state index < -0.39 is 0 Å². The third kappa shape index (κ3) is 3.98. The number of para-hydroxylation sites is 1. The summed E-state index contributed by atoms with van der Waals surface area (Å²) in [5, 5.41) is 4.62. The van der Waals surface area contributed by atoms with Crippen molar-refractivity contribution >= 4 is 32.7 Å². The molecular weight excluding hydrogens is 574 g/mol. The highest BCUT2D eigenvalue weighted by Crippen LogP contribution is 2.49. The Morgan fingerprint density at radius 3 is 1.94 bits per heavy atom. The van der Waals surface area contributed by atoms with Crippen LogP contribution in [0.5, 0.6) is 0 Å². The third-order valence-electron chi connectivity index (χ3n) is 9.36. The molecule has 0 fully saturated rings. The molecule has 0 saturated heterocycles. The van der Waals surface area contributed by atoms with Crippen LogP contribution in [0.1, 0.15) is 0 Å². The van der Waals surface area contributed by atoms with E-state index in [0.29, 0.717) is 5.82 Å². The first kappa shape index (κ1) is 25.9. The van der Waals surface area contributed by atoms with Crippen molar-refractivity contribution in [2.24, 2.45) is 0 Å². The highest BCUT2D eigenvalue weighted by Gasteiger charge is 2.23. The number of nitrogens with zero attached hydrogens (tertiary/aromatic N) is 3. The average Bonchev–Trinajstić information content (AvgIpc) is 3.68. The molecule has 10 rings (SSSR count). The number of benzene rings is 6. The van der Waals surface area contributed by atoms with E-state index in [4.69, 9.17) is 14.4 Å². The zero-order chi connectivity index (χ0) is 30.9. The Morgan fingerprint density at radius 2 is 1.09 bits per heavy atom. The molecule has 0 saturated carbocycles. The molecule has 0 spiro atoms. The lowest BCUT2D eigenvalue weighted by Gasteiger charge is -2.14. The van der Waals surface area contributed by atoms with Crippen LogP contribution in [0.4, 0.5) is 0 Å². The van der Waals surface area contributed by atoms with Gasteiger partial charge in [0.25, 0.3) is 0 Å². The van der Waals surface area contributed by atoms with Crippen LogP contribution in [0.3, 0.4) is 0 Å². The van der Waals surface area contributed by atoms with Gasteiger partial charge in [-0.25, -0.2) is 9.97 Å². The molecule has 6 aromatic carbocycles. The van der Waals surface area contributed by atoms with E-state index in [0.717, 1.165) is 61.1 Å². The molecule has 1 aliphatic rings. The molecule has 0 amide bonds. The molecule has 0 bridgehead atoms. The molecule has 4 nitrogen and oxygen atoms in total. The highest BCUT2D eigenvalue weighted by atomic mass is 16.3. The predicted octanol–water partition coefficient (Wildman–Crippen LogP) is 11.2. The van der Waals surface area contributed by atoms with Gasteiger partial charge in [0.15, 0.2) is 5.82 Å². The molecule has 218 valence electrons. The van der Waals surface area contributed by atoms with Crippen molar-refractivity contribution in [2.75, 3.05) is 0 Å². The summed E-state index contributed by atoms with van der Waals surface area (Å²) in [6.07, 6.45) is 3.69. The van der Waals surface area contributed by atoms with Gasteiger partial charge in [0.1, 0.15) is 11.2 Å². The topological polar surface area (TPSA) is 51.8 Å². The number of fused-ring (bicyclic) bond motifs is 6. The number of hydrogen-bond donors (Lipinski definition) is 0. The van der Waals surface area contributed by atoms with Gasteiger partial charge in [0.05, 0.1) is 11.4 Å². The summed E-state index contributed by atoms with van der Waals surface area (Å²) >= 11 is 0. The van der Waals surface area contributed by atoms with Crippen molar-refractivity contribution in [3.63, 3.8) is 0 Å². The SMILES string of the molecule is c1cncc(-c2ccccc2-c2nc(-c3ccc4oc5ccccc5c4c3)cc(-c3ccc4c5c(cccc35)-c3ccccc3-4)n2)c1. The lowest BCUT2D eigenvalue weighted by molar-refractivity contribution is 0.669. The second-order valence-corrected chi connectivity index (χ2v) is 12.0. The first-order chi connectivity index (χ1) is 23.3. The van der Waals surface area contributed by atoms with Gasteiger partial charge in [0.2, 0.25) is 0 Å². The normalized spacial score (nSPS) is 11.8. The van der Waals surface area contributed by atoms with Crippen molar-refractivity contribution in [3.8, 4) is 67.3 Å². The highest BCUT2D eigenvalue weighted by molar-refractivity contribution is 6.18. The van der Waals surface area contributed by atoms with Crippen molar-refractivity contribution in [3.05, 3.63) is 152 Å². The summed E-state index contributed by atoms with van der Waals surface area (Å²) in [5.74, 6) is 0.667. The Morgan fingerprint density at radius 1 is 0.404 bits per heavy atom. The monoisotopic (exact) mass is 599 g/mol. The standard InChI is InChI=1S/C43H25N3O/c1-4-14-36(28(10-1)27-9-8-22-44-25-27)43-45-38(26-18-21-41-37(23-26)32-13-5-6-17-40(32)47-41)24-39(46-43)31-19-20-35-30-12-3-2-11-29(30)33-15-7-16-34(31)42(33)35/h1-25H. The predicted molar refractivity (Wildman–Crippen MR) is 191 cm³/mol. The fourth-order valence-corrected chi connectivity index (χ4v) is 7.22. The molecule has 0 atom stereocenters. The van der Waals surface area contributed by atoms with Crippen LogP contribution in [0.2, 0.25) is 0 Å². The van der Waals surface area contributed by atoms with Gasteiger partial charge >= 0.3 is 0 Å². The zero-order valence-electron chi connectivity index (χ0n) is 25.2. The number of furan rings is 1. The molecule has 4 heteroatoms. The molecule has 0 radical (unpaired) electrons. The van der Waals surface area contributed by atoms with Crippen LogP contribution >= 0.6 is 0 Å². The summed E-state index contributed by atoms with van der Waals surface area (Å²) in [7, 11) is 0. The van der Waals surface area contributed by atoms with Gasteiger partial charge in [-0.1, -0.05) is 103 Å². The molecule has 0 unspecified atom stereocenters. The Labute approximate surface area is 270 Å². The molecule has 3 heterocycles.